The number of esters is 1. The predicted molar refractivity (Wildman–Crippen MR) is 81.7 cm³/mol. The first kappa shape index (κ1) is 14.8. The maximum absolute atomic E-state index is 11.4. The van der Waals surface area contributed by atoms with Crippen molar-refractivity contribution in [1.82, 2.24) is 10.2 Å². The summed E-state index contributed by atoms with van der Waals surface area (Å²) in [4.78, 5) is 11.4. The van der Waals surface area contributed by atoms with Crippen LogP contribution in [0.5, 0.6) is 0 Å². The number of carbonyl (C=O) groups excluding carboxylic acids is 1. The molecule has 0 bridgehead atoms. The van der Waals surface area contributed by atoms with Crippen LogP contribution in [0.3, 0.4) is 0 Å². The summed E-state index contributed by atoms with van der Waals surface area (Å²) in [5, 5.41) is 11.8. The number of hydrogen-bond acceptors (Lipinski definition) is 7. The lowest BCUT2D eigenvalue weighted by Crippen LogP contribution is -2.14. The molecule has 0 aliphatic rings. The number of thioether (sulfide) groups is 1. The number of nitrogens with zero attached hydrogens (tertiary/aromatic N) is 2. The van der Waals surface area contributed by atoms with Gasteiger partial charge in [-0.05, 0) is 25.5 Å². The Bertz CT molecular complexity index is 601. The van der Waals surface area contributed by atoms with E-state index in [0.29, 0.717) is 5.13 Å². The topological polar surface area (TPSA) is 64.1 Å². The number of nitrogens with one attached hydrogen (secondary N) is 1. The minimum atomic E-state index is -0.292. The summed E-state index contributed by atoms with van der Waals surface area (Å²) >= 11 is 2.76. The number of benzene rings is 1. The highest BCUT2D eigenvalue weighted by Crippen LogP contribution is 2.31. The lowest BCUT2D eigenvalue weighted by Gasteiger charge is -2.05. The van der Waals surface area contributed by atoms with E-state index in [1.54, 1.807) is 6.92 Å². The lowest BCUT2D eigenvalue weighted by molar-refractivity contribution is -0.139. The van der Waals surface area contributed by atoms with E-state index in [-0.39, 0.29) is 11.2 Å². The Morgan fingerprint density at radius 3 is 2.85 bits per heavy atom. The van der Waals surface area contributed by atoms with Gasteiger partial charge in [-0.1, -0.05) is 41.3 Å². The molecule has 20 heavy (non-hydrogen) atoms. The van der Waals surface area contributed by atoms with E-state index in [9.17, 15) is 4.79 Å². The van der Waals surface area contributed by atoms with E-state index < -0.39 is 0 Å². The van der Waals surface area contributed by atoms with Gasteiger partial charge in [0.15, 0.2) is 4.34 Å². The molecule has 7 heteroatoms. The SMILES string of the molecule is COC(=O)[C@H](C)Sc1nnc(Nc2ccccc2C)s1. The quantitative estimate of drug-likeness (QED) is 0.675. The second kappa shape index (κ2) is 6.71. The third-order valence-corrected chi connectivity index (χ3v) is 4.61. The van der Waals surface area contributed by atoms with E-state index in [4.69, 9.17) is 0 Å². The Labute approximate surface area is 125 Å². The standard InChI is InChI=1S/C13H15N3O2S2/c1-8-6-4-5-7-10(8)14-12-15-16-13(20-12)19-9(2)11(17)18-3/h4-7,9H,1-3H3,(H,14,15)/t9-/m0/s1. The zero-order chi connectivity index (χ0) is 14.5. The summed E-state index contributed by atoms with van der Waals surface area (Å²) < 4.78 is 5.42. The van der Waals surface area contributed by atoms with Crippen LogP contribution in [0.2, 0.25) is 0 Å². The first-order chi connectivity index (χ1) is 9.60. The van der Waals surface area contributed by atoms with Crippen molar-refractivity contribution in [2.45, 2.75) is 23.4 Å². The predicted octanol–water partition coefficient (Wildman–Crippen LogP) is 3.24. The fourth-order valence-corrected chi connectivity index (χ4v) is 3.44. The van der Waals surface area contributed by atoms with Gasteiger partial charge in [-0.15, -0.1) is 10.2 Å². The fraction of sp³-hybridized carbons (Fsp3) is 0.308. The summed E-state index contributed by atoms with van der Waals surface area (Å²) in [6.45, 7) is 3.81. The van der Waals surface area contributed by atoms with Gasteiger partial charge in [-0.3, -0.25) is 4.79 Å². The van der Waals surface area contributed by atoms with Gasteiger partial charge in [0, 0.05) is 5.69 Å². The maximum atomic E-state index is 11.4. The average molecular weight is 309 g/mol. The molecule has 0 spiro atoms. The van der Waals surface area contributed by atoms with Crippen molar-refractivity contribution >= 4 is 39.9 Å². The lowest BCUT2D eigenvalue weighted by atomic mass is 10.2. The number of aromatic nitrogens is 2. The first-order valence-electron chi connectivity index (χ1n) is 6.01. The van der Waals surface area contributed by atoms with Crippen molar-refractivity contribution in [1.29, 1.82) is 0 Å². The summed E-state index contributed by atoms with van der Waals surface area (Å²) in [5.74, 6) is -0.265. The smallest absolute Gasteiger partial charge is 0.318 e. The molecule has 0 unspecified atom stereocenters. The number of hydrogen-bond donors (Lipinski definition) is 1. The van der Waals surface area contributed by atoms with Gasteiger partial charge in [0.05, 0.1) is 7.11 Å². The number of para-hydroxylation sites is 1. The summed E-state index contributed by atoms with van der Waals surface area (Å²) in [6.07, 6.45) is 0. The van der Waals surface area contributed by atoms with Gasteiger partial charge in [0.1, 0.15) is 5.25 Å². The Balaban J connectivity index is 2.03. The van der Waals surface area contributed by atoms with Crippen LogP contribution in [0.4, 0.5) is 10.8 Å². The Morgan fingerprint density at radius 1 is 1.40 bits per heavy atom. The van der Waals surface area contributed by atoms with Crippen LogP contribution >= 0.6 is 23.1 Å². The molecule has 1 aromatic carbocycles. The highest BCUT2D eigenvalue weighted by atomic mass is 32.2. The molecule has 0 saturated carbocycles. The third kappa shape index (κ3) is 3.71. The third-order valence-electron chi connectivity index (χ3n) is 2.60. The van der Waals surface area contributed by atoms with Crippen LogP contribution in [0.15, 0.2) is 28.6 Å². The summed E-state index contributed by atoms with van der Waals surface area (Å²) in [7, 11) is 1.38. The maximum Gasteiger partial charge on any atom is 0.318 e. The second-order valence-corrected chi connectivity index (χ2v) is 6.66. The van der Waals surface area contributed by atoms with Crippen LogP contribution in [0, 0.1) is 6.92 Å². The van der Waals surface area contributed by atoms with Crippen molar-refractivity contribution in [2.75, 3.05) is 12.4 Å². The van der Waals surface area contributed by atoms with Crippen LogP contribution in [0.25, 0.3) is 0 Å². The molecule has 5 nitrogen and oxygen atoms in total. The van der Waals surface area contributed by atoms with Crippen molar-refractivity contribution < 1.29 is 9.53 Å². The second-order valence-electron chi connectivity index (χ2n) is 4.10. The summed E-state index contributed by atoms with van der Waals surface area (Å²) in [5.41, 5.74) is 2.14. The molecule has 0 fully saturated rings. The number of rotatable bonds is 5. The fourth-order valence-electron chi connectivity index (χ4n) is 1.50. The summed E-state index contributed by atoms with van der Waals surface area (Å²) in [6, 6.07) is 7.96. The molecule has 0 amide bonds. The van der Waals surface area contributed by atoms with Crippen molar-refractivity contribution in [2.24, 2.45) is 0 Å². The highest BCUT2D eigenvalue weighted by Gasteiger charge is 2.17. The largest absolute Gasteiger partial charge is 0.468 e. The molecular formula is C13H15N3O2S2. The molecule has 0 aliphatic carbocycles. The minimum Gasteiger partial charge on any atom is -0.468 e. The number of methoxy groups -OCH3 is 1. The van der Waals surface area contributed by atoms with Gasteiger partial charge in [0.25, 0.3) is 0 Å². The number of aryl methyl sites for hydroxylation is 1. The Morgan fingerprint density at radius 2 is 2.15 bits per heavy atom. The molecular weight excluding hydrogens is 294 g/mol. The molecule has 0 aliphatic heterocycles. The molecule has 0 radical (unpaired) electrons. The van der Waals surface area contributed by atoms with Crippen molar-refractivity contribution in [3.63, 3.8) is 0 Å². The van der Waals surface area contributed by atoms with E-state index in [2.05, 4.69) is 20.3 Å². The van der Waals surface area contributed by atoms with Crippen LogP contribution in [0.1, 0.15) is 12.5 Å². The molecule has 0 saturated heterocycles. The van der Waals surface area contributed by atoms with Gasteiger partial charge < -0.3 is 10.1 Å². The number of ether oxygens (including phenoxy) is 1. The zero-order valence-electron chi connectivity index (χ0n) is 11.4. The molecule has 2 rings (SSSR count). The first-order valence-corrected chi connectivity index (χ1v) is 7.70. The normalized spacial score (nSPS) is 11.9. The van der Waals surface area contributed by atoms with Crippen LogP contribution in [-0.4, -0.2) is 28.5 Å². The Kier molecular flexibility index (Phi) is 4.97. The van der Waals surface area contributed by atoms with Crippen molar-refractivity contribution in [3.05, 3.63) is 29.8 Å². The molecule has 1 N–H and O–H groups in total. The Hall–Kier alpha value is -1.60. The molecule has 1 aromatic heterocycles. The van der Waals surface area contributed by atoms with Gasteiger partial charge in [-0.2, -0.15) is 0 Å². The van der Waals surface area contributed by atoms with Gasteiger partial charge >= 0.3 is 5.97 Å². The van der Waals surface area contributed by atoms with Gasteiger partial charge in [0.2, 0.25) is 5.13 Å². The van der Waals surface area contributed by atoms with E-state index in [1.807, 2.05) is 31.2 Å². The highest BCUT2D eigenvalue weighted by molar-refractivity contribution is 8.02. The zero-order valence-corrected chi connectivity index (χ0v) is 13.0. The van der Waals surface area contributed by atoms with E-state index in [0.717, 1.165) is 15.6 Å². The average Bonchev–Trinajstić information content (AvgIpc) is 2.87. The minimum absolute atomic E-state index is 0.265. The molecule has 106 valence electrons. The monoisotopic (exact) mass is 309 g/mol. The molecule has 1 heterocycles. The number of anilines is 2. The molecule has 2 aromatic rings. The van der Waals surface area contributed by atoms with Gasteiger partial charge in [-0.25, -0.2) is 0 Å². The number of carbonyl (C=O) groups is 1. The van der Waals surface area contributed by atoms with Crippen molar-refractivity contribution in [3.8, 4) is 0 Å². The molecule has 1 atom stereocenters. The van der Waals surface area contributed by atoms with E-state index >= 15 is 0 Å². The van der Waals surface area contributed by atoms with E-state index in [1.165, 1.54) is 30.2 Å². The van der Waals surface area contributed by atoms with Crippen LogP contribution < -0.4 is 5.32 Å². The van der Waals surface area contributed by atoms with Crippen LogP contribution in [-0.2, 0) is 9.53 Å².